The molecule has 2 amide bonds. The van der Waals surface area contributed by atoms with Crippen molar-refractivity contribution in [2.45, 2.75) is 24.1 Å². The average molecular weight is 368 g/mol. The number of carbonyl (C=O) groups is 2. The number of likely N-dealkylation sites (tertiary alicyclic amines) is 1. The molecule has 0 spiro atoms. The molecule has 2 unspecified atom stereocenters. The fourth-order valence-corrected chi connectivity index (χ4v) is 5.59. The van der Waals surface area contributed by atoms with E-state index in [1.807, 2.05) is 48.5 Å². The van der Waals surface area contributed by atoms with Crippen LogP contribution in [0.4, 0.5) is 0 Å². The zero-order valence-electron chi connectivity index (χ0n) is 14.3. The summed E-state index contributed by atoms with van der Waals surface area (Å²) >= 11 is 0. The first kappa shape index (κ1) is 17.0. The molecule has 2 aromatic carbocycles. The lowest BCUT2D eigenvalue weighted by molar-refractivity contribution is -0.135. The van der Waals surface area contributed by atoms with Crippen molar-refractivity contribution in [1.82, 2.24) is 4.90 Å². The average Bonchev–Trinajstić information content (AvgIpc) is 3.25. The van der Waals surface area contributed by atoms with Gasteiger partial charge in [0.15, 0.2) is 0 Å². The molecule has 0 aromatic heterocycles. The Bertz CT molecular complexity index is 866. The lowest BCUT2D eigenvalue weighted by atomic mass is 10.1. The molecule has 2 atom stereocenters. The maximum Gasteiger partial charge on any atom is 0.240 e. The largest absolute Gasteiger partial charge is 0.368 e. The second kappa shape index (κ2) is 6.68. The van der Waals surface area contributed by atoms with Crippen LogP contribution >= 0.6 is 0 Å². The molecule has 1 saturated heterocycles. The third-order valence-electron chi connectivity index (χ3n) is 5.21. The van der Waals surface area contributed by atoms with Crippen LogP contribution in [0.3, 0.4) is 0 Å². The molecule has 1 fully saturated rings. The highest BCUT2D eigenvalue weighted by Gasteiger charge is 2.37. The van der Waals surface area contributed by atoms with Gasteiger partial charge in [-0.15, -0.1) is 0 Å². The zero-order valence-corrected chi connectivity index (χ0v) is 15.1. The van der Waals surface area contributed by atoms with E-state index >= 15 is 0 Å². The molecule has 1 aliphatic carbocycles. The smallest absolute Gasteiger partial charge is 0.240 e. The van der Waals surface area contributed by atoms with Crippen LogP contribution in [0.2, 0.25) is 0 Å². The lowest BCUT2D eigenvalue weighted by Crippen LogP contribution is -2.45. The molecule has 1 aliphatic heterocycles. The fourth-order valence-electron chi connectivity index (χ4n) is 4.04. The van der Waals surface area contributed by atoms with Crippen LogP contribution in [0, 0.1) is 0 Å². The minimum atomic E-state index is -1.42. The zero-order chi connectivity index (χ0) is 18.3. The summed E-state index contributed by atoms with van der Waals surface area (Å²) in [4.78, 5) is 25.7. The number of rotatable bonds is 4. The molecule has 0 radical (unpaired) electrons. The minimum Gasteiger partial charge on any atom is -0.368 e. The van der Waals surface area contributed by atoms with Crippen LogP contribution in [0.1, 0.15) is 29.2 Å². The summed E-state index contributed by atoms with van der Waals surface area (Å²) in [5.74, 6) is -0.846. The second-order valence-electron chi connectivity index (χ2n) is 6.73. The molecule has 2 aromatic rings. The van der Waals surface area contributed by atoms with Crippen molar-refractivity contribution < 1.29 is 13.8 Å². The number of hydrogen-bond donors (Lipinski definition) is 1. The van der Waals surface area contributed by atoms with Crippen LogP contribution in [-0.2, 0) is 20.4 Å². The van der Waals surface area contributed by atoms with E-state index in [0.29, 0.717) is 13.0 Å². The predicted octanol–water partition coefficient (Wildman–Crippen LogP) is 1.98. The SMILES string of the molecule is NC(=O)C1CCCN1C(=O)CS(=O)C1c2ccccc2-c2ccccc21. The van der Waals surface area contributed by atoms with Gasteiger partial charge in [-0.2, -0.15) is 0 Å². The molecule has 2 N–H and O–H groups in total. The molecule has 2 aliphatic rings. The van der Waals surface area contributed by atoms with E-state index in [-0.39, 0.29) is 16.9 Å². The van der Waals surface area contributed by atoms with E-state index in [1.54, 1.807) is 0 Å². The molecule has 1 heterocycles. The van der Waals surface area contributed by atoms with Crippen molar-refractivity contribution in [3.63, 3.8) is 0 Å². The molecule has 6 heteroatoms. The summed E-state index contributed by atoms with van der Waals surface area (Å²) in [6.07, 6.45) is 1.34. The van der Waals surface area contributed by atoms with Gasteiger partial charge in [0.1, 0.15) is 11.8 Å². The van der Waals surface area contributed by atoms with E-state index in [9.17, 15) is 13.8 Å². The van der Waals surface area contributed by atoms with Gasteiger partial charge in [0.05, 0.1) is 5.25 Å². The molecule has 4 rings (SSSR count). The summed E-state index contributed by atoms with van der Waals surface area (Å²) in [5.41, 5.74) is 9.53. The summed E-state index contributed by atoms with van der Waals surface area (Å²) in [6.45, 7) is 0.501. The van der Waals surface area contributed by atoms with E-state index in [0.717, 1.165) is 28.7 Å². The van der Waals surface area contributed by atoms with Gasteiger partial charge in [-0.1, -0.05) is 48.5 Å². The van der Waals surface area contributed by atoms with Gasteiger partial charge in [0, 0.05) is 17.3 Å². The van der Waals surface area contributed by atoms with E-state index in [4.69, 9.17) is 5.73 Å². The molecular weight excluding hydrogens is 348 g/mol. The van der Waals surface area contributed by atoms with Gasteiger partial charge >= 0.3 is 0 Å². The monoisotopic (exact) mass is 368 g/mol. The highest BCUT2D eigenvalue weighted by Crippen LogP contribution is 2.46. The van der Waals surface area contributed by atoms with Crippen LogP contribution in [0.5, 0.6) is 0 Å². The van der Waals surface area contributed by atoms with Crippen LogP contribution < -0.4 is 5.73 Å². The number of amides is 2. The summed E-state index contributed by atoms with van der Waals surface area (Å²) in [7, 11) is -1.42. The van der Waals surface area contributed by atoms with Crippen molar-refractivity contribution in [2.24, 2.45) is 5.73 Å². The summed E-state index contributed by atoms with van der Waals surface area (Å²) < 4.78 is 13.2. The Hall–Kier alpha value is -2.47. The first-order chi connectivity index (χ1) is 12.6. The first-order valence-electron chi connectivity index (χ1n) is 8.72. The standard InChI is InChI=1S/C20H20N2O3S/c21-20(24)17-10-5-11-22(17)18(23)12-26(25)19-15-8-3-1-6-13(15)14-7-2-4-9-16(14)19/h1-4,6-9,17,19H,5,10-12H2,(H2,21,24). The quantitative estimate of drug-likeness (QED) is 0.896. The Morgan fingerprint density at radius 2 is 1.62 bits per heavy atom. The number of nitrogens with two attached hydrogens (primary N) is 1. The number of nitrogens with zero attached hydrogens (tertiary/aromatic N) is 1. The maximum absolute atomic E-state index is 13.2. The topological polar surface area (TPSA) is 80.5 Å². The van der Waals surface area contributed by atoms with E-state index < -0.39 is 22.7 Å². The maximum atomic E-state index is 13.2. The Morgan fingerprint density at radius 3 is 2.19 bits per heavy atom. The second-order valence-corrected chi connectivity index (χ2v) is 8.25. The molecule has 5 nitrogen and oxygen atoms in total. The van der Waals surface area contributed by atoms with Gasteiger partial charge in [0.2, 0.25) is 11.8 Å². The third kappa shape index (κ3) is 2.74. The van der Waals surface area contributed by atoms with Crippen molar-refractivity contribution in [2.75, 3.05) is 12.3 Å². The van der Waals surface area contributed by atoms with Gasteiger partial charge in [0.25, 0.3) is 0 Å². The predicted molar refractivity (Wildman–Crippen MR) is 101 cm³/mol. The van der Waals surface area contributed by atoms with E-state index in [2.05, 4.69) is 0 Å². The molecule has 134 valence electrons. The number of hydrogen-bond acceptors (Lipinski definition) is 3. The van der Waals surface area contributed by atoms with Crippen LogP contribution in [0.25, 0.3) is 11.1 Å². The van der Waals surface area contributed by atoms with Crippen molar-refractivity contribution in [3.8, 4) is 11.1 Å². The fraction of sp³-hybridized carbons (Fsp3) is 0.300. The van der Waals surface area contributed by atoms with E-state index in [1.165, 1.54) is 4.90 Å². The summed E-state index contributed by atoms with van der Waals surface area (Å²) in [6, 6.07) is 15.2. The molecular formula is C20H20N2O3S. The highest BCUT2D eigenvalue weighted by molar-refractivity contribution is 7.86. The Morgan fingerprint density at radius 1 is 1.04 bits per heavy atom. The number of benzene rings is 2. The van der Waals surface area contributed by atoms with Crippen LogP contribution in [0.15, 0.2) is 48.5 Å². The number of carbonyl (C=O) groups excluding carboxylic acids is 2. The summed E-state index contributed by atoms with van der Waals surface area (Å²) in [5, 5.41) is -0.319. The molecule has 26 heavy (non-hydrogen) atoms. The minimum absolute atomic E-state index is 0.100. The van der Waals surface area contributed by atoms with Crippen molar-refractivity contribution in [3.05, 3.63) is 59.7 Å². The Kier molecular flexibility index (Phi) is 4.36. The third-order valence-corrected chi connectivity index (χ3v) is 6.77. The number of primary amides is 1. The lowest BCUT2D eigenvalue weighted by Gasteiger charge is -2.23. The first-order valence-corrected chi connectivity index (χ1v) is 10.1. The van der Waals surface area contributed by atoms with Crippen molar-refractivity contribution in [1.29, 1.82) is 0 Å². The van der Waals surface area contributed by atoms with Gasteiger partial charge < -0.3 is 10.6 Å². The van der Waals surface area contributed by atoms with Crippen molar-refractivity contribution >= 4 is 22.6 Å². The number of fused-ring (bicyclic) bond motifs is 3. The highest BCUT2D eigenvalue weighted by atomic mass is 32.2. The van der Waals surface area contributed by atoms with Gasteiger partial charge in [-0.05, 0) is 35.1 Å². The van der Waals surface area contributed by atoms with Gasteiger partial charge in [-0.3, -0.25) is 13.8 Å². The molecule has 0 saturated carbocycles. The Balaban J connectivity index is 1.61. The van der Waals surface area contributed by atoms with Gasteiger partial charge in [-0.25, -0.2) is 0 Å². The normalized spacial score (nSPS) is 19.8. The van der Waals surface area contributed by atoms with Crippen LogP contribution in [-0.4, -0.2) is 39.3 Å². The Labute approximate surface area is 154 Å². The molecule has 0 bridgehead atoms.